The van der Waals surface area contributed by atoms with Crippen LogP contribution in [-0.4, -0.2) is 18.0 Å². The minimum atomic E-state index is -0.286. The van der Waals surface area contributed by atoms with E-state index in [0.717, 1.165) is 5.69 Å². The molecule has 0 bridgehead atoms. The molecule has 0 spiro atoms. The van der Waals surface area contributed by atoms with Crippen LogP contribution in [-0.2, 0) is 0 Å². The Morgan fingerprint density at radius 1 is 1.45 bits per heavy atom. The number of nitrogen functional groups attached to an aromatic ring is 1. The first-order valence-corrected chi connectivity index (χ1v) is 7.10. The number of benzene rings is 1. The number of anilines is 2. The zero-order chi connectivity index (χ0) is 14.7. The smallest absolute Gasteiger partial charge is 0.259 e. The number of para-hydroxylation sites is 1. The minimum Gasteiger partial charge on any atom is -0.495 e. The lowest BCUT2D eigenvalue weighted by molar-refractivity contribution is 0.102. The molecule has 0 fully saturated rings. The van der Waals surface area contributed by atoms with Gasteiger partial charge in [-0.2, -0.15) is 0 Å². The number of aromatic nitrogens is 1. The fourth-order valence-electron chi connectivity index (χ4n) is 1.69. The van der Waals surface area contributed by atoms with Crippen LogP contribution in [0.2, 0.25) is 0 Å². The molecule has 0 aliphatic rings. The van der Waals surface area contributed by atoms with Crippen LogP contribution >= 0.6 is 11.3 Å². The Hall–Kier alpha value is -2.08. The quantitative estimate of drug-likeness (QED) is 0.848. The number of ether oxygens (including phenoxy) is 1. The fraction of sp³-hybridized carbons (Fsp3) is 0.286. The normalized spacial score (nSPS) is 10.6. The number of methoxy groups -OCH3 is 1. The number of hydrogen-bond donors (Lipinski definition) is 2. The summed E-state index contributed by atoms with van der Waals surface area (Å²) in [6.45, 7) is 4.11. The van der Waals surface area contributed by atoms with Crippen molar-refractivity contribution in [3.63, 3.8) is 0 Å². The van der Waals surface area contributed by atoms with Crippen LogP contribution in [0, 0.1) is 0 Å². The number of carbonyl (C=O) groups is 1. The summed E-state index contributed by atoms with van der Waals surface area (Å²) in [6, 6.07) is 5.10. The Morgan fingerprint density at radius 3 is 2.80 bits per heavy atom. The summed E-state index contributed by atoms with van der Waals surface area (Å²) in [5, 5.41) is 5.27. The lowest BCUT2D eigenvalue weighted by Crippen LogP contribution is -2.14. The standard InChI is InChI=1S/C14H17N3O2S/c1-8(2)10-7-20-14(16-10)17-13(18)9-5-4-6-11(19-3)12(9)15/h4-8H,15H2,1-3H3,(H,16,17,18). The van der Waals surface area contributed by atoms with E-state index in [1.807, 2.05) is 5.38 Å². The summed E-state index contributed by atoms with van der Waals surface area (Å²) < 4.78 is 5.10. The average molecular weight is 291 g/mol. The van der Waals surface area contributed by atoms with Crippen molar-refractivity contribution in [1.82, 2.24) is 4.98 Å². The Balaban J connectivity index is 2.19. The number of carbonyl (C=O) groups excluding carboxylic acids is 1. The SMILES string of the molecule is COc1cccc(C(=O)Nc2nc(C(C)C)cs2)c1N. The maximum absolute atomic E-state index is 12.2. The number of nitrogens with zero attached hydrogens (tertiary/aromatic N) is 1. The number of thiazole rings is 1. The molecule has 0 atom stereocenters. The number of nitrogens with one attached hydrogen (secondary N) is 1. The van der Waals surface area contributed by atoms with Crippen molar-refractivity contribution in [1.29, 1.82) is 0 Å². The number of nitrogens with two attached hydrogens (primary N) is 1. The maximum Gasteiger partial charge on any atom is 0.259 e. The third-order valence-corrected chi connectivity index (χ3v) is 3.64. The second kappa shape index (κ2) is 5.92. The van der Waals surface area contributed by atoms with E-state index in [2.05, 4.69) is 24.1 Å². The van der Waals surface area contributed by atoms with Gasteiger partial charge in [-0.3, -0.25) is 10.1 Å². The second-order valence-electron chi connectivity index (χ2n) is 4.61. The van der Waals surface area contributed by atoms with Gasteiger partial charge in [-0.25, -0.2) is 4.98 Å². The molecule has 2 aromatic rings. The molecule has 3 N–H and O–H groups in total. The molecule has 6 heteroatoms. The predicted octanol–water partition coefficient (Wildman–Crippen LogP) is 3.11. The van der Waals surface area contributed by atoms with E-state index in [1.54, 1.807) is 18.2 Å². The molecular formula is C14H17N3O2S. The van der Waals surface area contributed by atoms with Gasteiger partial charge in [0.25, 0.3) is 5.91 Å². The van der Waals surface area contributed by atoms with Crippen molar-refractivity contribution in [3.8, 4) is 5.75 Å². The predicted molar refractivity (Wildman–Crippen MR) is 81.6 cm³/mol. The second-order valence-corrected chi connectivity index (χ2v) is 5.47. The van der Waals surface area contributed by atoms with Gasteiger partial charge in [-0.05, 0) is 18.1 Å². The molecule has 1 aromatic carbocycles. The zero-order valence-corrected chi connectivity index (χ0v) is 12.5. The highest BCUT2D eigenvalue weighted by Crippen LogP contribution is 2.26. The lowest BCUT2D eigenvalue weighted by Gasteiger charge is -2.09. The number of rotatable bonds is 4. The van der Waals surface area contributed by atoms with Crippen LogP contribution in [0.1, 0.15) is 35.8 Å². The summed E-state index contributed by atoms with van der Waals surface area (Å²) in [5.74, 6) is 0.532. The summed E-state index contributed by atoms with van der Waals surface area (Å²) in [4.78, 5) is 16.6. The van der Waals surface area contributed by atoms with Gasteiger partial charge in [0, 0.05) is 5.38 Å². The molecule has 5 nitrogen and oxygen atoms in total. The first-order chi connectivity index (χ1) is 9.52. The van der Waals surface area contributed by atoms with E-state index >= 15 is 0 Å². The van der Waals surface area contributed by atoms with Crippen molar-refractivity contribution < 1.29 is 9.53 Å². The van der Waals surface area contributed by atoms with Crippen molar-refractivity contribution in [2.75, 3.05) is 18.2 Å². The molecule has 2 rings (SSSR count). The van der Waals surface area contributed by atoms with Gasteiger partial charge in [0.15, 0.2) is 5.13 Å². The van der Waals surface area contributed by atoms with Crippen LogP contribution in [0.25, 0.3) is 0 Å². The highest BCUT2D eigenvalue weighted by molar-refractivity contribution is 7.14. The first-order valence-electron chi connectivity index (χ1n) is 6.22. The maximum atomic E-state index is 12.2. The molecule has 0 aliphatic carbocycles. The first kappa shape index (κ1) is 14.3. The zero-order valence-electron chi connectivity index (χ0n) is 11.6. The highest BCUT2D eigenvalue weighted by Gasteiger charge is 2.15. The van der Waals surface area contributed by atoms with E-state index in [0.29, 0.717) is 28.0 Å². The van der Waals surface area contributed by atoms with Crippen molar-refractivity contribution in [3.05, 3.63) is 34.8 Å². The lowest BCUT2D eigenvalue weighted by atomic mass is 10.1. The van der Waals surface area contributed by atoms with Gasteiger partial charge in [0.05, 0.1) is 24.1 Å². The summed E-state index contributed by atoms with van der Waals surface area (Å²) >= 11 is 1.40. The van der Waals surface area contributed by atoms with Crippen molar-refractivity contribution in [2.45, 2.75) is 19.8 Å². The van der Waals surface area contributed by atoms with Gasteiger partial charge < -0.3 is 10.5 Å². The van der Waals surface area contributed by atoms with Gasteiger partial charge >= 0.3 is 0 Å². The third kappa shape index (κ3) is 2.91. The minimum absolute atomic E-state index is 0.286. The van der Waals surface area contributed by atoms with Crippen molar-refractivity contribution >= 4 is 28.1 Å². The van der Waals surface area contributed by atoms with Crippen molar-refractivity contribution in [2.24, 2.45) is 0 Å². The monoisotopic (exact) mass is 291 g/mol. The number of hydrogen-bond acceptors (Lipinski definition) is 5. The van der Waals surface area contributed by atoms with Crippen LogP contribution < -0.4 is 15.8 Å². The molecule has 0 radical (unpaired) electrons. The van der Waals surface area contributed by atoms with Crippen LogP contribution in [0.15, 0.2) is 23.6 Å². The third-order valence-electron chi connectivity index (χ3n) is 2.86. The largest absolute Gasteiger partial charge is 0.495 e. The Morgan fingerprint density at radius 2 is 2.20 bits per heavy atom. The van der Waals surface area contributed by atoms with Gasteiger partial charge in [-0.1, -0.05) is 19.9 Å². The molecule has 0 aliphatic heterocycles. The van der Waals surface area contributed by atoms with Gasteiger partial charge in [0.1, 0.15) is 5.75 Å². The topological polar surface area (TPSA) is 77.2 Å². The molecule has 1 amide bonds. The van der Waals surface area contributed by atoms with E-state index in [9.17, 15) is 4.79 Å². The molecular weight excluding hydrogens is 274 g/mol. The Bertz CT molecular complexity index is 623. The van der Waals surface area contributed by atoms with Crippen LogP contribution in [0.4, 0.5) is 10.8 Å². The van der Waals surface area contributed by atoms with E-state index in [-0.39, 0.29) is 5.91 Å². The van der Waals surface area contributed by atoms with E-state index in [1.165, 1.54) is 18.4 Å². The molecule has 0 saturated heterocycles. The molecule has 1 aromatic heterocycles. The van der Waals surface area contributed by atoms with Crippen LogP contribution in [0.3, 0.4) is 0 Å². The fourth-order valence-corrected chi connectivity index (χ4v) is 2.56. The summed E-state index contributed by atoms with van der Waals surface area (Å²) in [5.41, 5.74) is 7.57. The summed E-state index contributed by atoms with van der Waals surface area (Å²) in [7, 11) is 1.52. The molecule has 106 valence electrons. The molecule has 0 saturated carbocycles. The van der Waals surface area contributed by atoms with Gasteiger partial charge in [0.2, 0.25) is 0 Å². The Labute approximate surface area is 121 Å². The van der Waals surface area contributed by atoms with E-state index in [4.69, 9.17) is 10.5 Å². The summed E-state index contributed by atoms with van der Waals surface area (Å²) in [6.07, 6.45) is 0. The Kier molecular flexibility index (Phi) is 4.24. The highest BCUT2D eigenvalue weighted by atomic mass is 32.1. The molecule has 0 unspecified atom stereocenters. The van der Waals surface area contributed by atoms with Gasteiger partial charge in [-0.15, -0.1) is 11.3 Å². The van der Waals surface area contributed by atoms with E-state index < -0.39 is 0 Å². The average Bonchev–Trinajstić information content (AvgIpc) is 2.87. The molecule has 1 heterocycles. The molecule has 20 heavy (non-hydrogen) atoms. The van der Waals surface area contributed by atoms with Crippen LogP contribution in [0.5, 0.6) is 5.75 Å². The number of amides is 1.